The lowest BCUT2D eigenvalue weighted by atomic mass is 9.97. The highest BCUT2D eigenvalue weighted by molar-refractivity contribution is 5.93. The fraction of sp³-hybridized carbons (Fsp3) is 0.250. The minimum absolute atomic E-state index is 0.198. The first-order valence-electron chi connectivity index (χ1n) is 8.96. The van der Waals surface area contributed by atoms with Crippen LogP contribution in [0.3, 0.4) is 0 Å². The summed E-state index contributed by atoms with van der Waals surface area (Å²) in [4.78, 5) is 26.5. The molecule has 1 N–H and O–H groups in total. The van der Waals surface area contributed by atoms with Crippen LogP contribution in [0, 0.1) is 19.7 Å². The Morgan fingerprint density at radius 3 is 2.96 bits per heavy atom. The van der Waals surface area contributed by atoms with Crippen molar-refractivity contribution in [3.8, 4) is 0 Å². The molecule has 7 nitrogen and oxygen atoms in total. The molecule has 1 aliphatic rings. The standard InChI is InChI=1S/C20H17FN4O3/c1-10-13-7-12(21)3-4-15(13)28-18(10)17-16-14(22-8-23-16)5-6-25(17)20(26)19-11(2)24-9-27-19/h3-4,7-9,17H,5-6H2,1-2H3,(H,22,23)/t17-/m0/s1. The number of furan rings is 1. The van der Waals surface area contributed by atoms with Crippen molar-refractivity contribution in [3.05, 3.63) is 70.9 Å². The molecule has 4 heterocycles. The maximum Gasteiger partial charge on any atom is 0.292 e. The molecule has 142 valence electrons. The van der Waals surface area contributed by atoms with Gasteiger partial charge in [-0.2, -0.15) is 0 Å². The third-order valence-electron chi connectivity index (χ3n) is 5.31. The van der Waals surface area contributed by atoms with Crippen molar-refractivity contribution in [3.63, 3.8) is 0 Å². The number of imidazole rings is 1. The van der Waals surface area contributed by atoms with Crippen LogP contribution in [0.4, 0.5) is 4.39 Å². The SMILES string of the molecule is Cc1ncoc1C(=O)N1CCc2[nH]cnc2[C@H]1c1oc2ccc(F)cc2c1C. The average molecular weight is 380 g/mol. The lowest BCUT2D eigenvalue weighted by Gasteiger charge is -2.33. The Balaban J connectivity index is 1.69. The molecule has 0 fully saturated rings. The summed E-state index contributed by atoms with van der Waals surface area (Å²) in [5, 5.41) is 0.681. The number of halogens is 1. The maximum absolute atomic E-state index is 13.7. The molecule has 28 heavy (non-hydrogen) atoms. The van der Waals surface area contributed by atoms with Gasteiger partial charge in [-0.3, -0.25) is 4.79 Å². The Morgan fingerprint density at radius 1 is 1.32 bits per heavy atom. The molecule has 0 saturated carbocycles. The van der Waals surface area contributed by atoms with E-state index in [9.17, 15) is 9.18 Å². The number of aryl methyl sites for hydroxylation is 2. The molecule has 4 aromatic rings. The molecular formula is C20H17FN4O3. The molecule has 1 amide bonds. The first kappa shape index (κ1) is 16.7. The minimum Gasteiger partial charge on any atom is -0.458 e. The van der Waals surface area contributed by atoms with E-state index < -0.39 is 6.04 Å². The number of fused-ring (bicyclic) bond motifs is 2. The molecule has 1 aliphatic heterocycles. The average Bonchev–Trinajstić information content (AvgIpc) is 3.40. The lowest BCUT2D eigenvalue weighted by Crippen LogP contribution is -2.41. The van der Waals surface area contributed by atoms with Gasteiger partial charge in [0.1, 0.15) is 23.2 Å². The molecule has 8 heteroatoms. The zero-order valence-corrected chi connectivity index (χ0v) is 15.3. The van der Waals surface area contributed by atoms with E-state index in [2.05, 4.69) is 15.0 Å². The molecule has 0 aliphatic carbocycles. The van der Waals surface area contributed by atoms with Gasteiger partial charge in [0.05, 0.1) is 17.7 Å². The van der Waals surface area contributed by atoms with Crippen LogP contribution in [0.1, 0.15) is 45.0 Å². The van der Waals surface area contributed by atoms with Gasteiger partial charge in [0.15, 0.2) is 6.39 Å². The molecule has 5 rings (SSSR count). The van der Waals surface area contributed by atoms with Crippen LogP contribution < -0.4 is 0 Å². The van der Waals surface area contributed by atoms with Crippen LogP contribution in [-0.2, 0) is 6.42 Å². The Labute approximate surface area is 159 Å². The molecule has 0 saturated heterocycles. The second kappa shape index (κ2) is 6.05. The Kier molecular flexibility index (Phi) is 3.61. The maximum atomic E-state index is 13.7. The third-order valence-corrected chi connectivity index (χ3v) is 5.31. The normalized spacial score (nSPS) is 16.5. The molecular weight excluding hydrogens is 363 g/mol. The highest BCUT2D eigenvalue weighted by Gasteiger charge is 2.39. The van der Waals surface area contributed by atoms with Gasteiger partial charge < -0.3 is 18.7 Å². The van der Waals surface area contributed by atoms with Crippen LogP contribution in [-0.4, -0.2) is 32.3 Å². The number of H-pyrrole nitrogens is 1. The van der Waals surface area contributed by atoms with Crippen molar-refractivity contribution in [1.29, 1.82) is 0 Å². The summed E-state index contributed by atoms with van der Waals surface area (Å²) in [5.41, 5.74) is 3.55. The van der Waals surface area contributed by atoms with Gasteiger partial charge in [-0.25, -0.2) is 14.4 Å². The number of aromatic nitrogens is 3. The zero-order valence-electron chi connectivity index (χ0n) is 15.3. The topological polar surface area (TPSA) is 88.2 Å². The number of nitrogens with zero attached hydrogens (tertiary/aromatic N) is 3. The number of oxazole rings is 1. The smallest absolute Gasteiger partial charge is 0.292 e. The fourth-order valence-corrected chi connectivity index (χ4v) is 3.87. The monoisotopic (exact) mass is 380 g/mol. The summed E-state index contributed by atoms with van der Waals surface area (Å²) in [6.45, 7) is 4.05. The van der Waals surface area contributed by atoms with Gasteiger partial charge in [-0.1, -0.05) is 0 Å². The predicted molar refractivity (Wildman–Crippen MR) is 97.3 cm³/mol. The first-order chi connectivity index (χ1) is 13.5. The second-order valence-electron chi connectivity index (χ2n) is 6.92. The van der Waals surface area contributed by atoms with Crippen molar-refractivity contribution in [2.24, 2.45) is 0 Å². The second-order valence-corrected chi connectivity index (χ2v) is 6.92. The fourth-order valence-electron chi connectivity index (χ4n) is 3.87. The first-order valence-corrected chi connectivity index (χ1v) is 8.96. The van der Waals surface area contributed by atoms with Crippen molar-refractivity contribution in [2.45, 2.75) is 26.3 Å². The van der Waals surface area contributed by atoms with Crippen molar-refractivity contribution < 1.29 is 18.0 Å². The summed E-state index contributed by atoms with van der Waals surface area (Å²) in [6, 6.07) is 3.86. The number of aromatic amines is 1. The number of carbonyl (C=O) groups excluding carboxylic acids is 1. The molecule has 3 aromatic heterocycles. The van der Waals surface area contributed by atoms with E-state index in [-0.39, 0.29) is 17.5 Å². The van der Waals surface area contributed by atoms with Crippen LogP contribution in [0.25, 0.3) is 11.0 Å². The minimum atomic E-state index is -0.539. The molecule has 1 atom stereocenters. The Hall–Kier alpha value is -3.42. The summed E-state index contributed by atoms with van der Waals surface area (Å²) in [7, 11) is 0. The number of amides is 1. The highest BCUT2D eigenvalue weighted by atomic mass is 19.1. The number of nitrogens with one attached hydrogen (secondary N) is 1. The lowest BCUT2D eigenvalue weighted by molar-refractivity contribution is 0.0638. The number of carbonyl (C=O) groups is 1. The van der Waals surface area contributed by atoms with Crippen molar-refractivity contribution in [1.82, 2.24) is 19.9 Å². The highest BCUT2D eigenvalue weighted by Crippen LogP contribution is 2.39. The molecule has 0 bridgehead atoms. The van der Waals surface area contributed by atoms with Gasteiger partial charge in [0, 0.05) is 29.6 Å². The van der Waals surface area contributed by atoms with E-state index in [0.29, 0.717) is 35.4 Å². The quantitative estimate of drug-likeness (QED) is 0.573. The van der Waals surface area contributed by atoms with Gasteiger partial charge in [0.25, 0.3) is 5.91 Å². The number of benzene rings is 1. The summed E-state index contributed by atoms with van der Waals surface area (Å²) >= 11 is 0. The van der Waals surface area contributed by atoms with Crippen LogP contribution >= 0.6 is 0 Å². The van der Waals surface area contributed by atoms with Crippen molar-refractivity contribution >= 4 is 16.9 Å². The largest absolute Gasteiger partial charge is 0.458 e. The number of hydrogen-bond acceptors (Lipinski definition) is 5. The van der Waals surface area contributed by atoms with E-state index in [4.69, 9.17) is 8.83 Å². The third kappa shape index (κ3) is 2.37. The summed E-state index contributed by atoms with van der Waals surface area (Å²) in [6.07, 6.45) is 3.51. The van der Waals surface area contributed by atoms with E-state index in [1.807, 2.05) is 6.92 Å². The molecule has 1 aromatic carbocycles. The van der Waals surface area contributed by atoms with Gasteiger partial charge in [-0.05, 0) is 32.0 Å². The van der Waals surface area contributed by atoms with E-state index in [1.54, 1.807) is 24.2 Å². The van der Waals surface area contributed by atoms with E-state index in [0.717, 1.165) is 17.0 Å². The molecule has 0 radical (unpaired) electrons. The van der Waals surface area contributed by atoms with Crippen LogP contribution in [0.5, 0.6) is 0 Å². The number of rotatable bonds is 2. The van der Waals surface area contributed by atoms with E-state index in [1.165, 1.54) is 18.5 Å². The molecule has 0 spiro atoms. The summed E-state index contributed by atoms with van der Waals surface area (Å²) < 4.78 is 25.2. The summed E-state index contributed by atoms with van der Waals surface area (Å²) in [5.74, 6) is 0.153. The Bertz CT molecular complexity index is 1210. The number of hydrogen-bond donors (Lipinski definition) is 1. The zero-order chi connectivity index (χ0) is 19.4. The Morgan fingerprint density at radius 2 is 2.18 bits per heavy atom. The van der Waals surface area contributed by atoms with Crippen LogP contribution in [0.15, 0.2) is 39.8 Å². The van der Waals surface area contributed by atoms with Crippen molar-refractivity contribution in [2.75, 3.05) is 6.54 Å². The molecule has 0 unspecified atom stereocenters. The van der Waals surface area contributed by atoms with E-state index >= 15 is 0 Å². The van der Waals surface area contributed by atoms with Crippen LogP contribution in [0.2, 0.25) is 0 Å². The van der Waals surface area contributed by atoms with Gasteiger partial charge >= 0.3 is 0 Å². The van der Waals surface area contributed by atoms with Gasteiger partial charge in [0.2, 0.25) is 5.76 Å². The predicted octanol–water partition coefficient (Wildman–Crippen LogP) is 3.69. The van der Waals surface area contributed by atoms with Gasteiger partial charge in [-0.15, -0.1) is 0 Å².